The van der Waals surface area contributed by atoms with Gasteiger partial charge in [0.05, 0.1) is 5.52 Å². The number of nitrogens with zero attached hydrogens (tertiary/aromatic N) is 4. The van der Waals surface area contributed by atoms with Crippen LogP contribution in [0.25, 0.3) is 11.0 Å². The van der Waals surface area contributed by atoms with Gasteiger partial charge in [-0.15, -0.1) is 5.10 Å². The van der Waals surface area contributed by atoms with Crippen molar-refractivity contribution in [1.82, 2.24) is 20.3 Å². The number of hydrogen-bond acceptors (Lipinski definition) is 4. The third-order valence-electron chi connectivity index (χ3n) is 6.40. The number of hydrogen-bond donors (Lipinski definition) is 1. The molecule has 4 aromatic rings. The zero-order valence-corrected chi connectivity index (χ0v) is 20.9. The number of nitrogens with one attached hydrogen (secondary N) is 1. The Kier molecular flexibility index (Phi) is 7.15. The van der Waals surface area contributed by atoms with Crippen molar-refractivity contribution in [2.75, 3.05) is 4.90 Å². The SMILES string of the molecule is CCC(C)(C)NC(=O)[C@@H](c1ccccc1F)N(C(=O)Cn1nnc2ccccc21)c1ccccc1C. The minimum atomic E-state index is -1.24. The Morgan fingerprint density at radius 2 is 1.69 bits per heavy atom. The number of aromatic nitrogens is 3. The molecule has 36 heavy (non-hydrogen) atoms. The van der Waals surface area contributed by atoms with E-state index in [4.69, 9.17) is 0 Å². The van der Waals surface area contributed by atoms with Crippen molar-refractivity contribution in [2.24, 2.45) is 0 Å². The van der Waals surface area contributed by atoms with Crippen molar-refractivity contribution in [1.29, 1.82) is 0 Å². The summed E-state index contributed by atoms with van der Waals surface area (Å²) in [6, 6.07) is 19.4. The molecule has 0 unspecified atom stereocenters. The smallest absolute Gasteiger partial charge is 0.249 e. The molecule has 2 amide bonds. The van der Waals surface area contributed by atoms with Gasteiger partial charge < -0.3 is 5.32 Å². The molecular weight excluding hydrogens is 457 g/mol. The molecule has 1 heterocycles. The van der Waals surface area contributed by atoms with E-state index in [0.29, 0.717) is 23.1 Å². The largest absolute Gasteiger partial charge is 0.349 e. The molecule has 1 aromatic heterocycles. The summed E-state index contributed by atoms with van der Waals surface area (Å²) < 4.78 is 16.7. The van der Waals surface area contributed by atoms with Crippen molar-refractivity contribution >= 4 is 28.5 Å². The van der Waals surface area contributed by atoms with Gasteiger partial charge in [0.1, 0.15) is 23.9 Å². The van der Waals surface area contributed by atoms with Crippen molar-refractivity contribution in [3.8, 4) is 0 Å². The number of para-hydroxylation sites is 2. The van der Waals surface area contributed by atoms with Crippen LogP contribution in [0.15, 0.2) is 72.8 Å². The maximum Gasteiger partial charge on any atom is 0.249 e. The lowest BCUT2D eigenvalue weighted by molar-refractivity contribution is -0.128. The lowest BCUT2D eigenvalue weighted by atomic mass is 9.97. The van der Waals surface area contributed by atoms with E-state index in [2.05, 4.69) is 15.6 Å². The van der Waals surface area contributed by atoms with Gasteiger partial charge in [-0.2, -0.15) is 0 Å². The van der Waals surface area contributed by atoms with Crippen LogP contribution >= 0.6 is 0 Å². The maximum absolute atomic E-state index is 15.2. The van der Waals surface area contributed by atoms with Gasteiger partial charge in [0.2, 0.25) is 11.8 Å². The van der Waals surface area contributed by atoms with E-state index in [9.17, 15) is 9.59 Å². The van der Waals surface area contributed by atoms with Gasteiger partial charge in [0.15, 0.2) is 0 Å². The summed E-state index contributed by atoms with van der Waals surface area (Å²) in [7, 11) is 0. The lowest BCUT2D eigenvalue weighted by Gasteiger charge is -2.35. The molecule has 0 fully saturated rings. The summed E-state index contributed by atoms with van der Waals surface area (Å²) in [5.74, 6) is -1.45. The van der Waals surface area contributed by atoms with Crippen LogP contribution in [0.2, 0.25) is 0 Å². The highest BCUT2D eigenvalue weighted by Gasteiger charge is 2.37. The quantitative estimate of drug-likeness (QED) is 0.381. The fourth-order valence-corrected chi connectivity index (χ4v) is 4.07. The first-order valence-corrected chi connectivity index (χ1v) is 11.9. The molecule has 0 aliphatic rings. The average molecular weight is 488 g/mol. The van der Waals surface area contributed by atoms with Crippen molar-refractivity contribution in [3.63, 3.8) is 0 Å². The lowest BCUT2D eigenvalue weighted by Crippen LogP contribution is -2.51. The topological polar surface area (TPSA) is 80.1 Å². The maximum atomic E-state index is 15.2. The highest BCUT2D eigenvalue weighted by Crippen LogP contribution is 2.32. The van der Waals surface area contributed by atoms with Crippen LogP contribution in [-0.2, 0) is 16.1 Å². The normalized spacial score (nSPS) is 12.4. The minimum Gasteiger partial charge on any atom is -0.349 e. The Hall–Kier alpha value is -4.07. The number of carbonyl (C=O) groups excluding carboxylic acids is 2. The van der Waals surface area contributed by atoms with E-state index in [0.717, 1.165) is 5.56 Å². The summed E-state index contributed by atoms with van der Waals surface area (Å²) in [5, 5.41) is 11.3. The molecule has 8 heteroatoms. The molecule has 7 nitrogen and oxygen atoms in total. The summed E-state index contributed by atoms with van der Waals surface area (Å²) >= 11 is 0. The number of carbonyl (C=O) groups is 2. The van der Waals surface area contributed by atoms with Crippen LogP contribution in [0.5, 0.6) is 0 Å². The van der Waals surface area contributed by atoms with E-state index < -0.39 is 29.2 Å². The zero-order chi connectivity index (χ0) is 25.9. The monoisotopic (exact) mass is 487 g/mol. The molecule has 0 aliphatic carbocycles. The molecule has 1 N–H and O–H groups in total. The van der Waals surface area contributed by atoms with Crippen LogP contribution in [0, 0.1) is 12.7 Å². The van der Waals surface area contributed by atoms with Crippen LogP contribution in [0.1, 0.15) is 44.4 Å². The molecule has 3 aromatic carbocycles. The number of aryl methyl sites for hydroxylation is 1. The van der Waals surface area contributed by atoms with E-state index in [1.807, 2.05) is 64.1 Å². The number of amides is 2. The first kappa shape index (κ1) is 25.0. The predicted octanol–water partition coefficient (Wildman–Crippen LogP) is 4.96. The third kappa shape index (κ3) is 5.12. The highest BCUT2D eigenvalue weighted by molar-refractivity contribution is 6.02. The van der Waals surface area contributed by atoms with Gasteiger partial charge >= 0.3 is 0 Å². The summed E-state index contributed by atoms with van der Waals surface area (Å²) in [6.07, 6.45) is 0.659. The average Bonchev–Trinajstić information content (AvgIpc) is 3.26. The van der Waals surface area contributed by atoms with Crippen molar-refractivity contribution in [3.05, 3.63) is 89.7 Å². The number of halogens is 1. The molecule has 186 valence electrons. The van der Waals surface area contributed by atoms with Crippen LogP contribution in [-0.4, -0.2) is 32.3 Å². The first-order chi connectivity index (χ1) is 17.2. The van der Waals surface area contributed by atoms with E-state index in [1.165, 1.54) is 15.6 Å². The summed E-state index contributed by atoms with van der Waals surface area (Å²) in [5.41, 5.74) is 2.20. The Morgan fingerprint density at radius 3 is 2.42 bits per heavy atom. The van der Waals surface area contributed by atoms with Crippen LogP contribution in [0.3, 0.4) is 0 Å². The molecule has 0 aliphatic heterocycles. The third-order valence-corrected chi connectivity index (χ3v) is 6.40. The molecule has 0 bridgehead atoms. The van der Waals surface area contributed by atoms with E-state index in [1.54, 1.807) is 30.3 Å². The number of fused-ring (bicyclic) bond motifs is 1. The van der Waals surface area contributed by atoms with Gasteiger partial charge in [-0.1, -0.05) is 60.7 Å². The second-order valence-electron chi connectivity index (χ2n) is 9.44. The molecule has 0 saturated carbocycles. The van der Waals surface area contributed by atoms with Crippen molar-refractivity contribution < 1.29 is 14.0 Å². The molecule has 4 rings (SSSR count). The Bertz CT molecular complexity index is 1400. The summed E-state index contributed by atoms with van der Waals surface area (Å²) in [6.45, 7) is 7.42. The first-order valence-electron chi connectivity index (χ1n) is 11.9. The van der Waals surface area contributed by atoms with Crippen LogP contribution in [0.4, 0.5) is 10.1 Å². The van der Waals surface area contributed by atoms with Gasteiger partial charge in [-0.05, 0) is 57.0 Å². The molecule has 0 spiro atoms. The second kappa shape index (κ2) is 10.3. The Labute approximate surface area is 209 Å². The van der Waals surface area contributed by atoms with E-state index >= 15 is 4.39 Å². The Morgan fingerprint density at radius 1 is 1.03 bits per heavy atom. The standard InChI is InChI=1S/C28H30FN5O2/c1-5-28(3,4)30-27(36)26(20-13-7-8-14-21(20)29)34(23-16-10-6-12-19(23)2)25(35)18-33-24-17-11-9-15-22(24)31-32-33/h6-17,26H,5,18H2,1-4H3,(H,30,36)/t26-/m1/s1. The van der Waals surface area contributed by atoms with Gasteiger partial charge in [0, 0.05) is 16.8 Å². The number of anilines is 1. The second-order valence-corrected chi connectivity index (χ2v) is 9.44. The minimum absolute atomic E-state index is 0.113. The zero-order valence-electron chi connectivity index (χ0n) is 20.9. The summed E-state index contributed by atoms with van der Waals surface area (Å²) in [4.78, 5) is 29.2. The highest BCUT2D eigenvalue weighted by atomic mass is 19.1. The van der Waals surface area contributed by atoms with Gasteiger partial charge in [-0.3, -0.25) is 14.5 Å². The fourth-order valence-electron chi connectivity index (χ4n) is 4.07. The van der Waals surface area contributed by atoms with Gasteiger partial charge in [0.25, 0.3) is 0 Å². The molecule has 0 saturated heterocycles. The number of rotatable bonds is 8. The number of benzene rings is 3. The predicted molar refractivity (Wildman–Crippen MR) is 138 cm³/mol. The van der Waals surface area contributed by atoms with Crippen molar-refractivity contribution in [2.45, 2.75) is 52.2 Å². The molecule has 1 atom stereocenters. The Balaban J connectivity index is 1.85. The van der Waals surface area contributed by atoms with Crippen LogP contribution < -0.4 is 10.2 Å². The fraction of sp³-hybridized carbons (Fsp3) is 0.286. The molecule has 0 radical (unpaired) electrons. The van der Waals surface area contributed by atoms with E-state index in [-0.39, 0.29) is 12.1 Å². The molecular formula is C28H30FN5O2. The van der Waals surface area contributed by atoms with Gasteiger partial charge in [-0.25, -0.2) is 9.07 Å².